The molecule has 7 nitrogen and oxygen atoms in total. The van der Waals surface area contributed by atoms with Gasteiger partial charge in [0.05, 0.1) is 5.57 Å². The van der Waals surface area contributed by atoms with Crippen LogP contribution in [0.25, 0.3) is 11.6 Å². The van der Waals surface area contributed by atoms with E-state index in [1.807, 2.05) is 19.1 Å². The van der Waals surface area contributed by atoms with E-state index in [2.05, 4.69) is 10.3 Å². The molecule has 2 aromatic rings. The highest BCUT2D eigenvalue weighted by Crippen LogP contribution is 2.34. The molecule has 4 N–H and O–H groups in total. The molecule has 0 saturated heterocycles. The molecule has 0 saturated carbocycles. The number of aliphatic carboxylic acids is 2. The fraction of sp³-hybridized carbons (Fsp3) is 0.250. The van der Waals surface area contributed by atoms with Gasteiger partial charge in [-0.1, -0.05) is 6.07 Å². The van der Waals surface area contributed by atoms with Gasteiger partial charge in [-0.3, -0.25) is 14.4 Å². The van der Waals surface area contributed by atoms with E-state index in [1.54, 1.807) is 18.3 Å². The van der Waals surface area contributed by atoms with Crippen LogP contribution in [0.5, 0.6) is 0 Å². The number of nitrogens with one attached hydrogen (secondary N) is 2. The number of hydrogen-bond donors (Lipinski definition) is 4. The highest BCUT2D eigenvalue weighted by atomic mass is 16.4. The van der Waals surface area contributed by atoms with Crippen molar-refractivity contribution in [2.45, 2.75) is 32.6 Å². The molecule has 0 fully saturated rings. The maximum atomic E-state index is 12.4. The lowest BCUT2D eigenvalue weighted by Gasteiger charge is -2.04. The maximum Gasteiger partial charge on any atom is 0.303 e. The maximum absolute atomic E-state index is 12.4. The molecule has 0 unspecified atom stereocenters. The van der Waals surface area contributed by atoms with E-state index >= 15 is 0 Å². The summed E-state index contributed by atoms with van der Waals surface area (Å²) in [6.45, 7) is 1.89. The van der Waals surface area contributed by atoms with Crippen LogP contribution in [0, 0.1) is 6.92 Å². The summed E-state index contributed by atoms with van der Waals surface area (Å²) in [5, 5.41) is 20.5. The third-order valence-electron chi connectivity index (χ3n) is 4.68. The van der Waals surface area contributed by atoms with Gasteiger partial charge in [-0.25, -0.2) is 0 Å². The molecule has 0 radical (unpaired) electrons. The van der Waals surface area contributed by atoms with Crippen LogP contribution in [0.15, 0.2) is 24.4 Å². The first kappa shape index (κ1) is 18.4. The molecule has 7 heteroatoms. The molecule has 0 spiro atoms. The third-order valence-corrected chi connectivity index (χ3v) is 4.68. The second kappa shape index (κ2) is 7.49. The first-order valence-corrected chi connectivity index (χ1v) is 8.62. The molecule has 1 aromatic carbocycles. The van der Waals surface area contributed by atoms with Crippen LogP contribution >= 0.6 is 0 Å². The lowest BCUT2D eigenvalue weighted by Crippen LogP contribution is -2.03. The van der Waals surface area contributed by atoms with E-state index in [0.717, 1.165) is 27.9 Å². The Hall–Kier alpha value is -3.35. The highest BCUT2D eigenvalue weighted by molar-refractivity contribution is 6.34. The van der Waals surface area contributed by atoms with Crippen molar-refractivity contribution in [2.24, 2.45) is 0 Å². The summed E-state index contributed by atoms with van der Waals surface area (Å²) in [7, 11) is 0. The molecule has 1 aliphatic rings. The number of carboxylic acids is 2. The van der Waals surface area contributed by atoms with Gasteiger partial charge in [-0.15, -0.1) is 0 Å². The van der Waals surface area contributed by atoms with E-state index in [9.17, 15) is 14.4 Å². The molecule has 3 rings (SSSR count). The fourth-order valence-corrected chi connectivity index (χ4v) is 3.14. The van der Waals surface area contributed by atoms with Crippen molar-refractivity contribution in [3.63, 3.8) is 0 Å². The predicted octanol–water partition coefficient (Wildman–Crippen LogP) is 2.85. The van der Waals surface area contributed by atoms with Gasteiger partial charge in [0.25, 0.3) is 5.91 Å². The number of benzene rings is 1. The molecular weight excluding hydrogens is 348 g/mol. The summed E-state index contributed by atoms with van der Waals surface area (Å²) < 4.78 is 0. The van der Waals surface area contributed by atoms with Crippen molar-refractivity contribution < 1.29 is 24.6 Å². The van der Waals surface area contributed by atoms with Crippen molar-refractivity contribution in [3.8, 4) is 0 Å². The van der Waals surface area contributed by atoms with Gasteiger partial charge >= 0.3 is 11.9 Å². The second-order valence-electron chi connectivity index (χ2n) is 6.53. The topological polar surface area (TPSA) is 119 Å². The number of carboxylic acid groups (broad SMARTS) is 2. The lowest BCUT2D eigenvalue weighted by molar-refractivity contribution is -0.138. The number of carbonyl (C=O) groups excluding carboxylic acids is 1. The van der Waals surface area contributed by atoms with E-state index < -0.39 is 11.9 Å². The van der Waals surface area contributed by atoms with Crippen LogP contribution in [0.2, 0.25) is 0 Å². The number of hydrogen-bond acceptors (Lipinski definition) is 3. The zero-order valence-electron chi connectivity index (χ0n) is 14.8. The normalized spacial score (nSPS) is 14.3. The van der Waals surface area contributed by atoms with Crippen molar-refractivity contribution in [1.29, 1.82) is 0 Å². The third kappa shape index (κ3) is 4.08. The molecule has 1 aromatic heterocycles. The van der Waals surface area contributed by atoms with Crippen LogP contribution in [0.3, 0.4) is 0 Å². The van der Waals surface area contributed by atoms with Crippen LogP contribution in [-0.4, -0.2) is 33.0 Å². The quantitative estimate of drug-likeness (QED) is 0.560. The predicted molar refractivity (Wildman–Crippen MR) is 100 cm³/mol. The zero-order chi connectivity index (χ0) is 19.6. The summed E-state index contributed by atoms with van der Waals surface area (Å²) in [5.41, 5.74) is 5.35. The molecule has 1 amide bonds. The molecule has 0 atom stereocenters. The number of fused-ring (bicyclic) bond motifs is 1. The average Bonchev–Trinajstić information content (AvgIpc) is 3.11. The molecule has 27 heavy (non-hydrogen) atoms. The number of rotatable bonds is 7. The Morgan fingerprint density at radius 1 is 1.11 bits per heavy atom. The van der Waals surface area contributed by atoms with Crippen molar-refractivity contribution in [1.82, 2.24) is 4.98 Å². The number of aromatic amines is 1. The minimum absolute atomic E-state index is 0.0296. The monoisotopic (exact) mass is 368 g/mol. The largest absolute Gasteiger partial charge is 0.481 e. The molecule has 0 bridgehead atoms. The average molecular weight is 368 g/mol. The molecule has 2 heterocycles. The zero-order valence-corrected chi connectivity index (χ0v) is 14.8. The Balaban J connectivity index is 1.90. The van der Waals surface area contributed by atoms with Gasteiger partial charge in [0.1, 0.15) is 0 Å². The van der Waals surface area contributed by atoms with Crippen LogP contribution in [0.4, 0.5) is 5.69 Å². The molecular formula is C20H20N2O5. The van der Waals surface area contributed by atoms with Crippen molar-refractivity contribution in [2.75, 3.05) is 5.32 Å². The van der Waals surface area contributed by atoms with E-state index in [0.29, 0.717) is 24.1 Å². The lowest BCUT2D eigenvalue weighted by atomic mass is 10.00. The SMILES string of the molecule is Cc1c(CCC(=O)O)c[nH]c1/C=C1\C(=O)Nc2ccc(CCC(=O)O)cc21. The Bertz CT molecular complexity index is 955. The van der Waals surface area contributed by atoms with Gasteiger partial charge < -0.3 is 20.5 Å². The number of carbonyl (C=O) groups is 3. The number of amides is 1. The standard InChI is InChI=1S/C20H20N2O5/c1-11-13(4-7-19(25)26)10-21-17(11)9-15-14-8-12(3-6-18(23)24)2-5-16(14)22-20(15)27/h2,5,8-10,21H,3-4,6-7H2,1H3,(H,22,27)(H,23,24)(H,25,26)/b15-9-. The number of aryl methyl sites for hydroxylation is 2. The fourth-order valence-electron chi connectivity index (χ4n) is 3.14. The van der Waals surface area contributed by atoms with Gasteiger partial charge in [-0.05, 0) is 54.7 Å². The minimum atomic E-state index is -0.864. The van der Waals surface area contributed by atoms with Gasteiger partial charge in [0, 0.05) is 36.0 Å². The van der Waals surface area contributed by atoms with Crippen LogP contribution in [-0.2, 0) is 27.2 Å². The van der Waals surface area contributed by atoms with E-state index in [-0.39, 0.29) is 18.7 Å². The summed E-state index contributed by atoms with van der Waals surface area (Å²) >= 11 is 0. The second-order valence-corrected chi connectivity index (χ2v) is 6.53. The Morgan fingerprint density at radius 3 is 2.52 bits per heavy atom. The highest BCUT2D eigenvalue weighted by Gasteiger charge is 2.25. The van der Waals surface area contributed by atoms with Gasteiger partial charge in [0.15, 0.2) is 0 Å². The summed E-state index contributed by atoms with van der Waals surface area (Å²) in [4.78, 5) is 37.0. The van der Waals surface area contributed by atoms with E-state index in [4.69, 9.17) is 10.2 Å². The first-order chi connectivity index (χ1) is 12.8. The Labute approximate surface area is 155 Å². The van der Waals surface area contributed by atoms with Crippen LogP contribution in [0.1, 0.15) is 40.8 Å². The minimum Gasteiger partial charge on any atom is -0.481 e. The number of H-pyrrole nitrogens is 1. The molecule has 1 aliphatic heterocycles. The smallest absolute Gasteiger partial charge is 0.303 e. The van der Waals surface area contributed by atoms with E-state index in [1.165, 1.54) is 0 Å². The van der Waals surface area contributed by atoms with Gasteiger partial charge in [-0.2, -0.15) is 0 Å². The van der Waals surface area contributed by atoms with Crippen molar-refractivity contribution in [3.05, 3.63) is 52.3 Å². The number of aromatic nitrogens is 1. The Morgan fingerprint density at radius 2 is 1.81 bits per heavy atom. The summed E-state index contributed by atoms with van der Waals surface area (Å²) in [6.07, 6.45) is 4.41. The molecule has 140 valence electrons. The summed E-state index contributed by atoms with van der Waals surface area (Å²) in [5.74, 6) is -1.94. The Kier molecular flexibility index (Phi) is 5.12. The molecule has 0 aliphatic carbocycles. The first-order valence-electron chi connectivity index (χ1n) is 8.62. The number of anilines is 1. The summed E-state index contributed by atoms with van der Waals surface area (Å²) in [6, 6.07) is 5.44. The van der Waals surface area contributed by atoms with Crippen LogP contribution < -0.4 is 5.32 Å². The van der Waals surface area contributed by atoms with Crippen molar-refractivity contribution >= 4 is 35.2 Å². The van der Waals surface area contributed by atoms with Gasteiger partial charge in [0.2, 0.25) is 0 Å².